The number of likely N-dealkylation sites (tertiary alicyclic amines) is 1. The van der Waals surface area contributed by atoms with E-state index in [0.717, 1.165) is 25.9 Å². The number of hydrogen-bond acceptors (Lipinski definition) is 3. The van der Waals surface area contributed by atoms with Gasteiger partial charge in [0.1, 0.15) is 6.42 Å². The predicted octanol–water partition coefficient (Wildman–Crippen LogP) is 1.34. The zero-order valence-electron chi connectivity index (χ0n) is 9.33. The zero-order chi connectivity index (χ0) is 11.1. The predicted molar refractivity (Wildman–Crippen MR) is 56.3 cm³/mol. The fourth-order valence-electron chi connectivity index (χ4n) is 1.77. The molecule has 0 aromatic carbocycles. The Balaban J connectivity index is 2.34. The van der Waals surface area contributed by atoms with Crippen molar-refractivity contribution < 1.29 is 14.3 Å². The van der Waals surface area contributed by atoms with Crippen molar-refractivity contribution in [3.8, 4) is 0 Å². The largest absolute Gasteiger partial charge is 0.466 e. The van der Waals surface area contributed by atoms with Gasteiger partial charge >= 0.3 is 5.97 Å². The molecular formula is C11H19NO3. The molecule has 0 aromatic rings. The van der Waals surface area contributed by atoms with Crippen molar-refractivity contribution in [2.24, 2.45) is 0 Å². The molecule has 15 heavy (non-hydrogen) atoms. The number of ether oxygens (including phenoxy) is 1. The highest BCUT2D eigenvalue weighted by Gasteiger charge is 2.18. The highest BCUT2D eigenvalue weighted by atomic mass is 16.5. The van der Waals surface area contributed by atoms with Crippen LogP contribution in [0.4, 0.5) is 0 Å². The maximum atomic E-state index is 11.7. The molecule has 4 nitrogen and oxygen atoms in total. The third kappa shape index (κ3) is 4.32. The summed E-state index contributed by atoms with van der Waals surface area (Å²) < 4.78 is 4.75. The first kappa shape index (κ1) is 12.0. The van der Waals surface area contributed by atoms with Crippen LogP contribution < -0.4 is 0 Å². The molecular weight excluding hydrogens is 194 g/mol. The Labute approximate surface area is 90.6 Å². The van der Waals surface area contributed by atoms with Crippen molar-refractivity contribution in [1.82, 2.24) is 4.90 Å². The molecule has 1 amide bonds. The van der Waals surface area contributed by atoms with Gasteiger partial charge in [0.2, 0.25) is 5.91 Å². The number of hydrogen-bond donors (Lipinski definition) is 0. The van der Waals surface area contributed by atoms with Gasteiger partial charge in [-0.25, -0.2) is 0 Å². The third-order valence-electron chi connectivity index (χ3n) is 2.56. The summed E-state index contributed by atoms with van der Waals surface area (Å²) in [5.74, 6) is -0.498. The SMILES string of the molecule is CCOC(=O)CC(=O)N1CCCCCC1. The maximum Gasteiger partial charge on any atom is 0.315 e. The molecule has 86 valence electrons. The monoisotopic (exact) mass is 213 g/mol. The molecule has 0 spiro atoms. The molecule has 0 bridgehead atoms. The van der Waals surface area contributed by atoms with E-state index in [1.54, 1.807) is 11.8 Å². The molecule has 1 heterocycles. The van der Waals surface area contributed by atoms with Crippen LogP contribution in [0.2, 0.25) is 0 Å². The Morgan fingerprint density at radius 1 is 1.13 bits per heavy atom. The van der Waals surface area contributed by atoms with Crippen LogP contribution in [0.15, 0.2) is 0 Å². The second kappa shape index (κ2) is 6.43. The first-order valence-corrected chi connectivity index (χ1v) is 5.67. The number of nitrogens with zero attached hydrogens (tertiary/aromatic N) is 1. The van der Waals surface area contributed by atoms with Crippen molar-refractivity contribution >= 4 is 11.9 Å². The van der Waals surface area contributed by atoms with Gasteiger partial charge in [0, 0.05) is 13.1 Å². The Morgan fingerprint density at radius 2 is 1.73 bits per heavy atom. The van der Waals surface area contributed by atoms with Crippen molar-refractivity contribution in [3.63, 3.8) is 0 Å². The smallest absolute Gasteiger partial charge is 0.315 e. The summed E-state index contributed by atoms with van der Waals surface area (Å²) in [6.45, 7) is 3.66. The molecule has 1 rings (SSSR count). The Bertz CT molecular complexity index is 220. The van der Waals surface area contributed by atoms with Crippen molar-refractivity contribution in [2.45, 2.75) is 39.0 Å². The fraction of sp³-hybridized carbons (Fsp3) is 0.818. The minimum absolute atomic E-state index is 0.0876. The second-order valence-corrected chi connectivity index (χ2v) is 3.78. The van der Waals surface area contributed by atoms with Crippen LogP contribution in [0.1, 0.15) is 39.0 Å². The molecule has 1 fully saturated rings. The van der Waals surface area contributed by atoms with Gasteiger partial charge in [-0.05, 0) is 19.8 Å². The molecule has 4 heteroatoms. The summed E-state index contributed by atoms with van der Waals surface area (Å²) in [4.78, 5) is 24.6. The Hall–Kier alpha value is -1.06. The second-order valence-electron chi connectivity index (χ2n) is 3.78. The van der Waals surface area contributed by atoms with Crippen LogP contribution in [0, 0.1) is 0 Å². The number of amides is 1. The van der Waals surface area contributed by atoms with Gasteiger partial charge in [0.25, 0.3) is 0 Å². The molecule has 0 atom stereocenters. The molecule has 0 aliphatic carbocycles. The van der Waals surface area contributed by atoms with Crippen LogP contribution >= 0.6 is 0 Å². The van der Waals surface area contributed by atoms with Crippen LogP contribution in [-0.2, 0) is 14.3 Å². The zero-order valence-corrected chi connectivity index (χ0v) is 9.33. The van der Waals surface area contributed by atoms with E-state index in [9.17, 15) is 9.59 Å². The van der Waals surface area contributed by atoms with E-state index in [2.05, 4.69) is 0 Å². The summed E-state index contributed by atoms with van der Waals surface area (Å²) in [6.07, 6.45) is 4.36. The average molecular weight is 213 g/mol. The topological polar surface area (TPSA) is 46.6 Å². The first-order chi connectivity index (χ1) is 7.24. The molecule has 1 aliphatic rings. The molecule has 0 saturated carbocycles. The van der Waals surface area contributed by atoms with E-state index in [1.165, 1.54) is 12.8 Å². The van der Waals surface area contributed by atoms with Gasteiger partial charge in [-0.2, -0.15) is 0 Å². The summed E-state index contributed by atoms with van der Waals surface area (Å²) in [7, 11) is 0. The van der Waals surface area contributed by atoms with Crippen LogP contribution in [0.25, 0.3) is 0 Å². The molecule has 0 aromatic heterocycles. The highest BCUT2D eigenvalue weighted by molar-refractivity contribution is 5.94. The number of esters is 1. The molecule has 0 radical (unpaired) electrons. The summed E-state index contributed by atoms with van der Waals surface area (Å²) in [5.41, 5.74) is 0. The van der Waals surface area contributed by atoms with Crippen LogP contribution in [0.5, 0.6) is 0 Å². The lowest BCUT2D eigenvalue weighted by Crippen LogP contribution is -2.33. The Morgan fingerprint density at radius 3 is 2.27 bits per heavy atom. The highest BCUT2D eigenvalue weighted by Crippen LogP contribution is 2.10. The third-order valence-corrected chi connectivity index (χ3v) is 2.56. The lowest BCUT2D eigenvalue weighted by Gasteiger charge is -2.19. The number of carbonyl (C=O) groups is 2. The van der Waals surface area contributed by atoms with E-state index in [-0.39, 0.29) is 12.3 Å². The van der Waals surface area contributed by atoms with Crippen molar-refractivity contribution in [2.75, 3.05) is 19.7 Å². The van der Waals surface area contributed by atoms with E-state index in [0.29, 0.717) is 6.61 Å². The van der Waals surface area contributed by atoms with E-state index in [4.69, 9.17) is 4.74 Å². The Kier molecular flexibility index (Phi) is 5.15. The van der Waals surface area contributed by atoms with Crippen molar-refractivity contribution in [3.05, 3.63) is 0 Å². The number of rotatable bonds is 3. The lowest BCUT2D eigenvalue weighted by atomic mass is 10.2. The standard InChI is InChI=1S/C11H19NO3/c1-2-15-11(14)9-10(13)12-7-5-3-4-6-8-12/h2-9H2,1H3. The van der Waals surface area contributed by atoms with Crippen molar-refractivity contribution in [1.29, 1.82) is 0 Å². The average Bonchev–Trinajstić information content (AvgIpc) is 2.45. The summed E-state index contributed by atoms with van der Waals surface area (Å²) in [6, 6.07) is 0. The molecule has 0 unspecified atom stereocenters. The van der Waals surface area contributed by atoms with E-state index < -0.39 is 5.97 Å². The normalized spacial score (nSPS) is 17.0. The minimum atomic E-state index is -0.410. The molecule has 0 N–H and O–H groups in total. The van der Waals surface area contributed by atoms with Gasteiger partial charge in [0.15, 0.2) is 0 Å². The quantitative estimate of drug-likeness (QED) is 0.525. The lowest BCUT2D eigenvalue weighted by molar-refractivity contribution is -0.148. The van der Waals surface area contributed by atoms with Crippen LogP contribution in [0.3, 0.4) is 0 Å². The van der Waals surface area contributed by atoms with Gasteiger partial charge in [-0.1, -0.05) is 12.8 Å². The first-order valence-electron chi connectivity index (χ1n) is 5.67. The summed E-state index contributed by atoms with van der Waals surface area (Å²) >= 11 is 0. The summed E-state index contributed by atoms with van der Waals surface area (Å²) in [5, 5.41) is 0. The fourth-order valence-corrected chi connectivity index (χ4v) is 1.77. The van der Waals surface area contributed by atoms with E-state index >= 15 is 0 Å². The van der Waals surface area contributed by atoms with Gasteiger partial charge in [-0.3, -0.25) is 9.59 Å². The number of carbonyl (C=O) groups excluding carboxylic acids is 2. The van der Waals surface area contributed by atoms with Gasteiger partial charge in [-0.15, -0.1) is 0 Å². The van der Waals surface area contributed by atoms with Gasteiger partial charge in [0.05, 0.1) is 6.61 Å². The van der Waals surface area contributed by atoms with Gasteiger partial charge < -0.3 is 9.64 Å². The molecule has 1 saturated heterocycles. The molecule has 1 aliphatic heterocycles. The minimum Gasteiger partial charge on any atom is -0.466 e. The van der Waals surface area contributed by atoms with Crippen LogP contribution in [-0.4, -0.2) is 36.5 Å². The van der Waals surface area contributed by atoms with E-state index in [1.807, 2.05) is 0 Å². The maximum absolute atomic E-state index is 11.7.